The molecular weight excluding hydrogens is 223 g/mol. The summed E-state index contributed by atoms with van der Waals surface area (Å²) < 4.78 is 0. The van der Waals surface area contributed by atoms with Crippen LogP contribution in [0.15, 0.2) is 0 Å². The van der Waals surface area contributed by atoms with Crippen LogP contribution >= 0.6 is 33.2 Å². The SMILES string of the molecule is CC[Si](Cl)(CC)C[Si](Cl)Cl. The van der Waals surface area contributed by atoms with Crippen molar-refractivity contribution < 1.29 is 0 Å². The Bertz CT molecular complexity index is 92.9. The van der Waals surface area contributed by atoms with Gasteiger partial charge in [-0.2, -0.15) is 11.1 Å². The van der Waals surface area contributed by atoms with E-state index < -0.39 is 14.8 Å². The van der Waals surface area contributed by atoms with E-state index in [1.165, 1.54) is 0 Å². The molecule has 0 aromatic rings. The van der Waals surface area contributed by atoms with Gasteiger partial charge in [0.15, 0.2) is 7.38 Å². The van der Waals surface area contributed by atoms with Crippen molar-refractivity contribution >= 4 is 48.0 Å². The van der Waals surface area contributed by atoms with Gasteiger partial charge in [-0.3, -0.25) is 0 Å². The third-order valence-electron chi connectivity index (χ3n) is 1.72. The minimum Gasteiger partial charge on any atom is -0.167 e. The molecule has 0 aliphatic rings. The highest BCUT2D eigenvalue weighted by Crippen LogP contribution is 2.27. The van der Waals surface area contributed by atoms with Crippen molar-refractivity contribution in [3.05, 3.63) is 0 Å². The molecule has 0 amide bonds. The van der Waals surface area contributed by atoms with Gasteiger partial charge in [0.25, 0.3) is 7.42 Å². The van der Waals surface area contributed by atoms with Crippen molar-refractivity contribution in [3.63, 3.8) is 0 Å². The lowest BCUT2D eigenvalue weighted by Crippen LogP contribution is -2.28. The van der Waals surface area contributed by atoms with Gasteiger partial charge in [0.05, 0.1) is 0 Å². The average molecular weight is 235 g/mol. The Morgan fingerprint density at radius 3 is 1.70 bits per heavy atom. The molecule has 0 heterocycles. The summed E-state index contributed by atoms with van der Waals surface area (Å²) in [4.78, 5) is 0. The highest BCUT2D eigenvalue weighted by atomic mass is 35.7. The predicted molar refractivity (Wildman–Crippen MR) is 54.8 cm³/mol. The van der Waals surface area contributed by atoms with Crippen LogP contribution in [0.5, 0.6) is 0 Å². The zero-order chi connectivity index (χ0) is 8.20. The lowest BCUT2D eigenvalue weighted by Gasteiger charge is -2.19. The smallest absolute Gasteiger partial charge is 0.167 e. The molecule has 10 heavy (non-hydrogen) atoms. The van der Waals surface area contributed by atoms with Gasteiger partial charge in [-0.1, -0.05) is 13.8 Å². The Labute approximate surface area is 79.6 Å². The first-order chi connectivity index (χ1) is 4.54. The van der Waals surface area contributed by atoms with E-state index in [9.17, 15) is 0 Å². The topological polar surface area (TPSA) is 0 Å². The van der Waals surface area contributed by atoms with Crippen molar-refractivity contribution in [2.45, 2.75) is 31.6 Å². The average Bonchev–Trinajstić information content (AvgIpc) is 1.87. The van der Waals surface area contributed by atoms with Gasteiger partial charge in [-0.25, -0.2) is 0 Å². The summed E-state index contributed by atoms with van der Waals surface area (Å²) >= 11 is 17.8. The fourth-order valence-electron chi connectivity index (χ4n) is 0.739. The van der Waals surface area contributed by atoms with Crippen LogP contribution in [-0.2, 0) is 0 Å². The normalized spacial score (nSPS) is 12.6. The van der Waals surface area contributed by atoms with E-state index in [-0.39, 0.29) is 0 Å². The minimum absolute atomic E-state index is 0.912. The molecule has 0 unspecified atom stereocenters. The summed E-state index contributed by atoms with van der Waals surface area (Å²) in [5.74, 6) is 0. The van der Waals surface area contributed by atoms with E-state index in [0.717, 1.165) is 17.8 Å². The second kappa shape index (κ2) is 5.04. The summed E-state index contributed by atoms with van der Waals surface area (Å²) in [5.41, 5.74) is 0.912. The van der Waals surface area contributed by atoms with Crippen molar-refractivity contribution in [2.24, 2.45) is 0 Å². The molecule has 0 spiro atoms. The molecule has 0 aliphatic carbocycles. The van der Waals surface area contributed by atoms with Gasteiger partial charge in [0.1, 0.15) is 0 Å². The Morgan fingerprint density at radius 1 is 1.20 bits per heavy atom. The molecule has 0 fully saturated rings. The molecule has 0 aliphatic heterocycles. The second-order valence-electron chi connectivity index (χ2n) is 2.37. The number of halogens is 3. The molecule has 0 N–H and O–H groups in total. The van der Waals surface area contributed by atoms with Crippen LogP contribution in [0, 0.1) is 0 Å². The van der Waals surface area contributed by atoms with E-state index >= 15 is 0 Å². The minimum atomic E-state index is -1.51. The van der Waals surface area contributed by atoms with E-state index in [0.29, 0.717) is 0 Å². The molecule has 0 atom stereocenters. The zero-order valence-electron chi connectivity index (χ0n) is 6.26. The largest absolute Gasteiger partial charge is 0.272 e. The summed E-state index contributed by atoms with van der Waals surface area (Å²) in [6.45, 7) is 4.25. The van der Waals surface area contributed by atoms with E-state index in [1.54, 1.807) is 0 Å². The van der Waals surface area contributed by atoms with Crippen LogP contribution in [0.25, 0.3) is 0 Å². The van der Waals surface area contributed by atoms with Crippen molar-refractivity contribution in [2.75, 3.05) is 0 Å². The van der Waals surface area contributed by atoms with Gasteiger partial charge in [-0.05, 0) is 17.8 Å². The molecule has 0 aromatic carbocycles. The van der Waals surface area contributed by atoms with Crippen LogP contribution in [-0.4, -0.2) is 14.8 Å². The molecule has 0 rings (SSSR count). The Kier molecular flexibility index (Phi) is 5.70. The third-order valence-corrected chi connectivity index (χ3v) is 13.1. The van der Waals surface area contributed by atoms with E-state index in [4.69, 9.17) is 33.2 Å². The molecule has 0 nitrogen and oxygen atoms in total. The van der Waals surface area contributed by atoms with E-state index in [1.807, 2.05) is 0 Å². The summed E-state index contributed by atoms with van der Waals surface area (Å²) in [5, 5.41) is 0. The Balaban J connectivity index is 3.80. The zero-order valence-corrected chi connectivity index (χ0v) is 10.5. The molecular formula is C5H12Cl3Si2. The van der Waals surface area contributed by atoms with E-state index in [2.05, 4.69) is 13.8 Å². The second-order valence-corrected chi connectivity index (χ2v) is 13.9. The van der Waals surface area contributed by atoms with Gasteiger partial charge in [0, 0.05) is 0 Å². The fraction of sp³-hybridized carbons (Fsp3) is 1.00. The lowest BCUT2D eigenvalue weighted by atomic mass is 10.9. The standard InChI is InChI=1S/C5H12Cl3Si2/c1-3-10(8,4-2)5-9(6)7/h3-5H2,1-2H3. The monoisotopic (exact) mass is 233 g/mol. The fourth-order valence-corrected chi connectivity index (χ4v) is 12.2. The van der Waals surface area contributed by atoms with Crippen LogP contribution in [0.1, 0.15) is 13.8 Å². The first-order valence-corrected chi connectivity index (χ1v) is 10.8. The third kappa shape index (κ3) is 4.24. The predicted octanol–water partition coefficient (Wildman–Crippen LogP) is 3.72. The first kappa shape index (κ1) is 11.3. The number of hydrogen-bond donors (Lipinski definition) is 0. The molecule has 1 radical (unpaired) electrons. The van der Waals surface area contributed by atoms with Crippen LogP contribution in [0.3, 0.4) is 0 Å². The number of hydrogen-bond acceptors (Lipinski definition) is 0. The summed E-state index contributed by atoms with van der Waals surface area (Å²) in [7, 11) is -2.65. The van der Waals surface area contributed by atoms with Crippen LogP contribution in [0.2, 0.25) is 17.8 Å². The molecule has 0 aromatic heterocycles. The maximum atomic E-state index is 6.30. The highest BCUT2D eigenvalue weighted by molar-refractivity contribution is 7.40. The van der Waals surface area contributed by atoms with Crippen molar-refractivity contribution in [3.8, 4) is 0 Å². The Hall–Kier alpha value is 1.30. The lowest BCUT2D eigenvalue weighted by molar-refractivity contribution is 1.28. The quantitative estimate of drug-likeness (QED) is 0.514. The molecule has 0 bridgehead atoms. The van der Waals surface area contributed by atoms with Gasteiger partial charge >= 0.3 is 0 Å². The van der Waals surface area contributed by atoms with Gasteiger partial charge in [-0.15, -0.1) is 22.2 Å². The molecule has 61 valence electrons. The van der Waals surface area contributed by atoms with Crippen LogP contribution in [0.4, 0.5) is 0 Å². The van der Waals surface area contributed by atoms with Crippen LogP contribution < -0.4 is 0 Å². The maximum absolute atomic E-state index is 6.30. The van der Waals surface area contributed by atoms with Gasteiger partial charge < -0.3 is 0 Å². The van der Waals surface area contributed by atoms with Crippen molar-refractivity contribution in [1.29, 1.82) is 0 Å². The molecule has 5 heteroatoms. The first-order valence-electron chi connectivity index (χ1n) is 3.40. The molecule has 0 saturated heterocycles. The number of rotatable bonds is 4. The summed E-state index contributed by atoms with van der Waals surface area (Å²) in [6, 6.07) is 2.16. The Morgan fingerprint density at radius 2 is 1.60 bits per heavy atom. The molecule has 0 saturated carbocycles. The highest BCUT2D eigenvalue weighted by Gasteiger charge is 2.29. The van der Waals surface area contributed by atoms with Crippen molar-refractivity contribution in [1.82, 2.24) is 0 Å². The van der Waals surface area contributed by atoms with Gasteiger partial charge in [0.2, 0.25) is 0 Å². The summed E-state index contributed by atoms with van der Waals surface area (Å²) in [6.07, 6.45) is 0. The maximum Gasteiger partial charge on any atom is 0.272 e.